The van der Waals surface area contributed by atoms with Gasteiger partial charge in [0.15, 0.2) is 11.6 Å². The van der Waals surface area contributed by atoms with E-state index in [1.54, 1.807) is 11.8 Å². The van der Waals surface area contributed by atoms with Crippen LogP contribution < -0.4 is 10.5 Å². The van der Waals surface area contributed by atoms with Crippen molar-refractivity contribution in [2.45, 2.75) is 20.3 Å². The van der Waals surface area contributed by atoms with E-state index in [0.717, 1.165) is 28.5 Å². The number of nitrogens with two attached hydrogens (primary N) is 1. The number of hydrogen-bond acceptors (Lipinski definition) is 4. The van der Waals surface area contributed by atoms with Gasteiger partial charge in [0.1, 0.15) is 5.75 Å². The average molecular weight is 260 g/mol. The van der Waals surface area contributed by atoms with E-state index < -0.39 is 0 Å². The quantitative estimate of drug-likeness (QED) is 0.907. The van der Waals surface area contributed by atoms with Crippen molar-refractivity contribution in [1.29, 1.82) is 0 Å². The zero-order valence-electron chi connectivity index (χ0n) is 11.9. The van der Waals surface area contributed by atoms with Crippen LogP contribution in [-0.4, -0.2) is 28.4 Å². The molecule has 1 heterocycles. The summed E-state index contributed by atoms with van der Waals surface area (Å²) in [6, 6.07) is 4.17. The van der Waals surface area contributed by atoms with Crippen LogP contribution in [0.1, 0.15) is 17.0 Å². The molecule has 0 aliphatic rings. The predicted octanol–water partition coefficient (Wildman–Crippen LogP) is 1.61. The molecule has 0 bridgehead atoms. The molecule has 1 aromatic heterocycles. The van der Waals surface area contributed by atoms with Gasteiger partial charge in [-0.25, -0.2) is 9.67 Å². The fraction of sp³-hybridized carbons (Fsp3) is 0.429. The molecule has 0 aliphatic heterocycles. The minimum absolute atomic E-state index is 0.549. The minimum Gasteiger partial charge on any atom is -0.496 e. The Balaban J connectivity index is 2.57. The summed E-state index contributed by atoms with van der Waals surface area (Å²) in [5.41, 5.74) is 8.80. The van der Waals surface area contributed by atoms with E-state index >= 15 is 0 Å². The van der Waals surface area contributed by atoms with E-state index in [2.05, 4.69) is 29.1 Å². The predicted molar refractivity (Wildman–Crippen MR) is 75.2 cm³/mol. The molecule has 5 heteroatoms. The van der Waals surface area contributed by atoms with Gasteiger partial charge >= 0.3 is 0 Å². The summed E-state index contributed by atoms with van der Waals surface area (Å²) in [5, 5.41) is 4.38. The average Bonchev–Trinajstić information content (AvgIpc) is 2.70. The molecule has 5 nitrogen and oxygen atoms in total. The first kappa shape index (κ1) is 13.5. The van der Waals surface area contributed by atoms with Crippen LogP contribution in [0.4, 0.5) is 0 Å². The number of aryl methyl sites for hydroxylation is 3. The molecule has 0 aliphatic carbocycles. The number of methoxy groups -OCH3 is 1. The maximum Gasteiger partial charge on any atom is 0.161 e. The summed E-state index contributed by atoms with van der Waals surface area (Å²) in [7, 11) is 3.57. The van der Waals surface area contributed by atoms with Gasteiger partial charge in [0.25, 0.3) is 0 Å². The Morgan fingerprint density at radius 1 is 1.32 bits per heavy atom. The van der Waals surface area contributed by atoms with Crippen LogP contribution >= 0.6 is 0 Å². The van der Waals surface area contributed by atoms with Crippen molar-refractivity contribution in [3.63, 3.8) is 0 Å². The molecule has 0 radical (unpaired) electrons. The lowest BCUT2D eigenvalue weighted by molar-refractivity contribution is 0.412. The first-order valence-corrected chi connectivity index (χ1v) is 6.32. The van der Waals surface area contributed by atoms with Gasteiger partial charge in [-0.15, -0.1) is 0 Å². The Labute approximate surface area is 113 Å². The lowest BCUT2D eigenvalue weighted by Crippen LogP contribution is -2.04. The highest BCUT2D eigenvalue weighted by Crippen LogP contribution is 2.32. The topological polar surface area (TPSA) is 66.0 Å². The number of nitrogens with zero attached hydrogens (tertiary/aromatic N) is 3. The molecular weight excluding hydrogens is 240 g/mol. The molecule has 0 unspecified atom stereocenters. The van der Waals surface area contributed by atoms with Crippen molar-refractivity contribution in [1.82, 2.24) is 14.8 Å². The minimum atomic E-state index is 0.549. The van der Waals surface area contributed by atoms with Crippen molar-refractivity contribution >= 4 is 0 Å². The monoisotopic (exact) mass is 260 g/mol. The first-order chi connectivity index (χ1) is 9.06. The molecule has 0 atom stereocenters. The summed E-state index contributed by atoms with van der Waals surface area (Å²) in [4.78, 5) is 4.55. The van der Waals surface area contributed by atoms with Gasteiger partial charge in [0, 0.05) is 13.5 Å². The van der Waals surface area contributed by atoms with E-state index in [1.807, 2.05) is 14.0 Å². The molecule has 0 amide bonds. The van der Waals surface area contributed by atoms with Gasteiger partial charge in [-0.1, -0.05) is 6.07 Å². The molecule has 2 N–H and O–H groups in total. The van der Waals surface area contributed by atoms with Crippen molar-refractivity contribution in [3.05, 3.63) is 29.1 Å². The largest absolute Gasteiger partial charge is 0.496 e. The van der Waals surface area contributed by atoms with Crippen LogP contribution in [-0.2, 0) is 13.5 Å². The summed E-state index contributed by atoms with van der Waals surface area (Å²) in [6.45, 7) is 4.65. The molecule has 19 heavy (non-hydrogen) atoms. The number of aromatic nitrogens is 3. The van der Waals surface area contributed by atoms with Gasteiger partial charge in [-0.05, 0) is 37.6 Å². The zero-order chi connectivity index (χ0) is 14.0. The van der Waals surface area contributed by atoms with Crippen LogP contribution in [0, 0.1) is 13.8 Å². The first-order valence-electron chi connectivity index (χ1n) is 6.32. The highest BCUT2D eigenvalue weighted by molar-refractivity contribution is 5.68. The summed E-state index contributed by atoms with van der Waals surface area (Å²) in [6.07, 6.45) is 0.682. The molecule has 0 fully saturated rings. The third-order valence-corrected chi connectivity index (χ3v) is 3.04. The normalized spacial score (nSPS) is 10.8. The van der Waals surface area contributed by atoms with Crippen LogP contribution in [0.25, 0.3) is 11.4 Å². The standard InChI is InChI=1S/C14H20N4O/c1-9-7-10(2)13(19-4)11(8-9)14-16-12(5-6-15)17-18(14)3/h7-8H,5-6,15H2,1-4H3. The van der Waals surface area contributed by atoms with Gasteiger partial charge in [0.2, 0.25) is 0 Å². The number of rotatable bonds is 4. The van der Waals surface area contributed by atoms with Crippen LogP contribution in [0.2, 0.25) is 0 Å². The van der Waals surface area contributed by atoms with Crippen LogP contribution in [0.3, 0.4) is 0 Å². The maximum atomic E-state index is 5.55. The molecule has 2 aromatic rings. The number of benzene rings is 1. The third kappa shape index (κ3) is 2.61. The van der Waals surface area contributed by atoms with Crippen LogP contribution in [0.5, 0.6) is 5.75 Å². The van der Waals surface area contributed by atoms with Gasteiger partial charge < -0.3 is 10.5 Å². The lowest BCUT2D eigenvalue weighted by Gasteiger charge is -2.11. The highest BCUT2D eigenvalue weighted by atomic mass is 16.5. The molecule has 102 valence electrons. The Morgan fingerprint density at radius 2 is 2.05 bits per heavy atom. The fourth-order valence-electron chi connectivity index (χ4n) is 2.30. The second kappa shape index (κ2) is 5.40. The molecule has 0 spiro atoms. The summed E-state index contributed by atoms with van der Waals surface area (Å²) >= 11 is 0. The van der Waals surface area contributed by atoms with Gasteiger partial charge in [-0.2, -0.15) is 5.10 Å². The molecule has 0 saturated heterocycles. The Morgan fingerprint density at radius 3 is 2.68 bits per heavy atom. The van der Waals surface area contributed by atoms with Gasteiger partial charge in [-0.3, -0.25) is 0 Å². The zero-order valence-corrected chi connectivity index (χ0v) is 11.9. The fourth-order valence-corrected chi connectivity index (χ4v) is 2.30. The van der Waals surface area contributed by atoms with Gasteiger partial charge in [0.05, 0.1) is 12.7 Å². The molecule has 1 aromatic carbocycles. The van der Waals surface area contributed by atoms with E-state index in [0.29, 0.717) is 13.0 Å². The van der Waals surface area contributed by atoms with E-state index in [1.165, 1.54) is 5.56 Å². The lowest BCUT2D eigenvalue weighted by atomic mass is 10.0. The maximum absolute atomic E-state index is 5.55. The van der Waals surface area contributed by atoms with E-state index in [-0.39, 0.29) is 0 Å². The van der Waals surface area contributed by atoms with Crippen molar-refractivity contribution < 1.29 is 4.74 Å². The van der Waals surface area contributed by atoms with E-state index in [4.69, 9.17) is 10.5 Å². The molecular formula is C14H20N4O. The summed E-state index contributed by atoms with van der Waals surface area (Å²) in [5.74, 6) is 2.42. The molecule has 2 rings (SSSR count). The Bertz CT molecular complexity index is 589. The van der Waals surface area contributed by atoms with E-state index in [9.17, 15) is 0 Å². The Kier molecular flexibility index (Phi) is 3.85. The highest BCUT2D eigenvalue weighted by Gasteiger charge is 2.16. The SMILES string of the molecule is COc1c(C)cc(C)cc1-c1nc(CCN)nn1C. The number of hydrogen-bond donors (Lipinski definition) is 1. The molecule has 0 saturated carbocycles. The van der Waals surface area contributed by atoms with Crippen molar-refractivity contribution in [2.24, 2.45) is 12.8 Å². The summed E-state index contributed by atoms with van der Waals surface area (Å²) < 4.78 is 7.28. The van der Waals surface area contributed by atoms with Crippen molar-refractivity contribution in [3.8, 4) is 17.1 Å². The Hall–Kier alpha value is -1.88. The second-order valence-electron chi connectivity index (χ2n) is 4.68. The third-order valence-electron chi connectivity index (χ3n) is 3.04. The van der Waals surface area contributed by atoms with Crippen molar-refractivity contribution in [2.75, 3.05) is 13.7 Å². The smallest absolute Gasteiger partial charge is 0.161 e. The number of ether oxygens (including phenoxy) is 1. The van der Waals surface area contributed by atoms with Crippen LogP contribution in [0.15, 0.2) is 12.1 Å². The second-order valence-corrected chi connectivity index (χ2v) is 4.68.